The third-order valence-corrected chi connectivity index (χ3v) is 4.35. The number of carbonyl (C=O) groups excluding carboxylic acids is 3. The highest BCUT2D eigenvalue weighted by molar-refractivity contribution is 6.22. The second-order valence-corrected chi connectivity index (χ2v) is 6.33. The van der Waals surface area contributed by atoms with Gasteiger partial charge in [0.1, 0.15) is 12.4 Å². The number of amides is 2. The molecule has 1 aromatic heterocycles. The largest absolute Gasteiger partial charge is 0.451 e. The Hall–Kier alpha value is -3.88. The van der Waals surface area contributed by atoms with Crippen LogP contribution in [0.4, 0.5) is 4.39 Å². The van der Waals surface area contributed by atoms with Crippen molar-refractivity contribution in [3.8, 4) is 11.5 Å². The Bertz CT molecular complexity index is 1070. The van der Waals surface area contributed by atoms with Crippen molar-refractivity contribution < 1.29 is 27.9 Å². The lowest BCUT2D eigenvalue weighted by atomic mass is 10.1. The van der Waals surface area contributed by atoms with Crippen LogP contribution in [0.5, 0.6) is 0 Å². The Morgan fingerprint density at radius 2 is 1.69 bits per heavy atom. The van der Waals surface area contributed by atoms with E-state index in [4.69, 9.17) is 9.15 Å². The first-order chi connectivity index (χ1) is 13.9. The minimum Gasteiger partial charge on any atom is -0.451 e. The molecule has 0 bridgehead atoms. The molecule has 0 fully saturated rings. The smallest absolute Gasteiger partial charge is 0.326 e. The normalized spacial score (nSPS) is 14.1. The fourth-order valence-corrected chi connectivity index (χ4v) is 2.90. The van der Waals surface area contributed by atoms with E-state index in [1.807, 2.05) is 0 Å². The minimum atomic E-state index is -0.903. The molecule has 0 aliphatic carbocycles. The van der Waals surface area contributed by atoms with Crippen LogP contribution in [0.2, 0.25) is 0 Å². The van der Waals surface area contributed by atoms with Crippen molar-refractivity contribution in [1.82, 2.24) is 15.1 Å². The Morgan fingerprint density at radius 3 is 2.31 bits per heavy atom. The molecule has 0 unspecified atom stereocenters. The lowest BCUT2D eigenvalue weighted by Gasteiger charge is -2.15. The second-order valence-electron chi connectivity index (χ2n) is 6.33. The predicted molar refractivity (Wildman–Crippen MR) is 96.0 cm³/mol. The fraction of sp³-hybridized carbons (Fsp3) is 0.150. The van der Waals surface area contributed by atoms with Gasteiger partial charge < -0.3 is 9.15 Å². The molecule has 2 aromatic carbocycles. The maximum absolute atomic E-state index is 13.0. The van der Waals surface area contributed by atoms with Gasteiger partial charge in [-0.15, -0.1) is 10.2 Å². The molecule has 0 N–H and O–H groups in total. The first-order valence-corrected chi connectivity index (χ1v) is 8.68. The minimum absolute atomic E-state index is 0.0278. The van der Waals surface area contributed by atoms with Gasteiger partial charge in [-0.2, -0.15) is 0 Å². The summed E-state index contributed by atoms with van der Waals surface area (Å²) in [4.78, 5) is 37.7. The Labute approximate surface area is 163 Å². The van der Waals surface area contributed by atoms with E-state index in [2.05, 4.69) is 10.2 Å². The highest BCUT2D eigenvalue weighted by atomic mass is 19.1. The molecule has 0 saturated carbocycles. The number of ether oxygens (including phenoxy) is 1. The van der Waals surface area contributed by atoms with E-state index < -0.39 is 36.2 Å². The SMILES string of the molecule is C[C@H](OC(=O)CN1C(=O)c2ccccc2C1=O)c1nnc(-c2ccc(F)cc2)o1. The predicted octanol–water partition coefficient (Wildman–Crippen LogP) is 2.78. The summed E-state index contributed by atoms with van der Waals surface area (Å²) >= 11 is 0. The molecule has 2 heterocycles. The number of benzene rings is 2. The highest BCUT2D eigenvalue weighted by Crippen LogP contribution is 2.24. The maximum atomic E-state index is 13.0. The van der Waals surface area contributed by atoms with E-state index in [-0.39, 0.29) is 22.9 Å². The number of halogens is 1. The summed E-state index contributed by atoms with van der Waals surface area (Å²) in [6.07, 6.45) is -0.903. The topological polar surface area (TPSA) is 103 Å². The number of hydrogen-bond donors (Lipinski definition) is 0. The molecule has 0 spiro atoms. The molecule has 1 atom stereocenters. The molecule has 4 rings (SSSR count). The summed E-state index contributed by atoms with van der Waals surface area (Å²) < 4.78 is 23.7. The van der Waals surface area contributed by atoms with Crippen molar-refractivity contribution in [2.75, 3.05) is 6.54 Å². The van der Waals surface area contributed by atoms with Crippen LogP contribution < -0.4 is 0 Å². The van der Waals surface area contributed by atoms with Crippen molar-refractivity contribution in [1.29, 1.82) is 0 Å². The molecular weight excluding hydrogens is 381 g/mol. The maximum Gasteiger partial charge on any atom is 0.326 e. The highest BCUT2D eigenvalue weighted by Gasteiger charge is 2.37. The number of hydrogen-bond acceptors (Lipinski definition) is 7. The molecule has 2 amide bonds. The number of imide groups is 1. The molecule has 146 valence electrons. The van der Waals surface area contributed by atoms with Gasteiger partial charge in [0.15, 0.2) is 6.10 Å². The molecular formula is C20H14FN3O5. The summed E-state index contributed by atoms with van der Waals surface area (Å²) in [5, 5.41) is 7.68. The first kappa shape index (κ1) is 18.5. The van der Waals surface area contributed by atoms with Crippen LogP contribution in [0.3, 0.4) is 0 Å². The molecule has 0 radical (unpaired) electrons. The molecule has 8 nitrogen and oxygen atoms in total. The Kier molecular flexibility index (Phi) is 4.63. The van der Waals surface area contributed by atoms with Gasteiger partial charge in [0, 0.05) is 5.56 Å². The lowest BCUT2D eigenvalue weighted by molar-refractivity contribution is -0.149. The van der Waals surface area contributed by atoms with Gasteiger partial charge in [0.05, 0.1) is 11.1 Å². The van der Waals surface area contributed by atoms with E-state index in [1.54, 1.807) is 12.1 Å². The number of aromatic nitrogens is 2. The number of carbonyl (C=O) groups is 3. The number of esters is 1. The molecule has 9 heteroatoms. The third-order valence-electron chi connectivity index (χ3n) is 4.35. The Balaban J connectivity index is 1.41. The van der Waals surface area contributed by atoms with Crippen molar-refractivity contribution >= 4 is 17.8 Å². The second kappa shape index (κ2) is 7.27. The quantitative estimate of drug-likeness (QED) is 0.483. The van der Waals surface area contributed by atoms with Crippen molar-refractivity contribution in [3.05, 3.63) is 71.4 Å². The van der Waals surface area contributed by atoms with Crippen molar-refractivity contribution in [2.45, 2.75) is 13.0 Å². The van der Waals surface area contributed by atoms with Gasteiger partial charge in [-0.3, -0.25) is 19.3 Å². The van der Waals surface area contributed by atoms with Gasteiger partial charge >= 0.3 is 5.97 Å². The van der Waals surface area contributed by atoms with Crippen LogP contribution in [-0.4, -0.2) is 39.4 Å². The molecule has 29 heavy (non-hydrogen) atoms. The van der Waals surface area contributed by atoms with Gasteiger partial charge in [0.2, 0.25) is 5.89 Å². The average molecular weight is 395 g/mol. The standard InChI is InChI=1S/C20H14FN3O5/c1-11(17-22-23-18(29-17)12-6-8-13(21)9-7-12)28-16(25)10-24-19(26)14-4-2-3-5-15(14)20(24)27/h2-9,11H,10H2,1H3/t11-/m0/s1. The van der Waals surface area contributed by atoms with Crippen LogP contribution in [0.25, 0.3) is 11.5 Å². The third kappa shape index (κ3) is 3.49. The summed E-state index contributed by atoms with van der Waals surface area (Å²) in [6, 6.07) is 11.8. The fourth-order valence-electron chi connectivity index (χ4n) is 2.90. The van der Waals surface area contributed by atoms with Crippen LogP contribution in [0.15, 0.2) is 52.9 Å². The van der Waals surface area contributed by atoms with Crippen LogP contribution in [-0.2, 0) is 9.53 Å². The van der Waals surface area contributed by atoms with E-state index in [0.29, 0.717) is 5.56 Å². The van der Waals surface area contributed by atoms with Gasteiger partial charge in [-0.25, -0.2) is 4.39 Å². The van der Waals surface area contributed by atoms with Crippen LogP contribution >= 0.6 is 0 Å². The molecule has 1 aliphatic heterocycles. The lowest BCUT2D eigenvalue weighted by Crippen LogP contribution is -2.36. The van der Waals surface area contributed by atoms with E-state index in [9.17, 15) is 18.8 Å². The number of fused-ring (bicyclic) bond motifs is 1. The van der Waals surface area contributed by atoms with Gasteiger partial charge in [-0.1, -0.05) is 12.1 Å². The zero-order valence-corrected chi connectivity index (χ0v) is 15.2. The summed E-state index contributed by atoms with van der Waals surface area (Å²) in [5.41, 5.74) is 1.01. The summed E-state index contributed by atoms with van der Waals surface area (Å²) in [6.45, 7) is 0.984. The summed E-state index contributed by atoms with van der Waals surface area (Å²) in [7, 11) is 0. The monoisotopic (exact) mass is 395 g/mol. The molecule has 1 aliphatic rings. The first-order valence-electron chi connectivity index (χ1n) is 8.68. The van der Waals surface area contributed by atoms with Gasteiger partial charge in [-0.05, 0) is 43.3 Å². The summed E-state index contributed by atoms with van der Waals surface area (Å²) in [5.74, 6) is -2.13. The number of nitrogens with zero attached hydrogens (tertiary/aromatic N) is 3. The van der Waals surface area contributed by atoms with E-state index in [1.165, 1.54) is 43.3 Å². The average Bonchev–Trinajstić information content (AvgIpc) is 3.29. The van der Waals surface area contributed by atoms with E-state index in [0.717, 1.165) is 4.90 Å². The Morgan fingerprint density at radius 1 is 1.07 bits per heavy atom. The zero-order valence-electron chi connectivity index (χ0n) is 15.2. The molecule has 0 saturated heterocycles. The molecule has 3 aromatic rings. The van der Waals surface area contributed by atoms with Crippen molar-refractivity contribution in [2.24, 2.45) is 0 Å². The van der Waals surface area contributed by atoms with Crippen LogP contribution in [0.1, 0.15) is 39.6 Å². The van der Waals surface area contributed by atoms with E-state index >= 15 is 0 Å². The zero-order chi connectivity index (χ0) is 20.5. The number of rotatable bonds is 5. The van der Waals surface area contributed by atoms with Crippen molar-refractivity contribution in [3.63, 3.8) is 0 Å². The van der Waals surface area contributed by atoms with Gasteiger partial charge in [0.25, 0.3) is 17.7 Å². The van der Waals surface area contributed by atoms with Crippen LogP contribution in [0, 0.1) is 5.82 Å².